The molecule has 1 rings (SSSR count). The number of amides is 1. The Bertz CT molecular complexity index is 499. The number of carbonyl (C=O) groups excluding carboxylic acids is 1. The van der Waals surface area contributed by atoms with Gasteiger partial charge in [0, 0.05) is 7.05 Å². The van der Waals surface area contributed by atoms with E-state index in [2.05, 4.69) is 13.8 Å². The molecule has 0 bridgehead atoms. The monoisotopic (exact) mass is 293 g/mol. The second-order valence-corrected chi connectivity index (χ2v) is 5.28. The van der Waals surface area contributed by atoms with E-state index in [1.165, 1.54) is 11.9 Å². The second kappa shape index (κ2) is 7.67. The van der Waals surface area contributed by atoms with E-state index >= 15 is 0 Å². The molecule has 5 nitrogen and oxygen atoms in total. The van der Waals surface area contributed by atoms with Crippen molar-refractivity contribution in [3.8, 4) is 5.75 Å². The SMILES string of the molecule is CCC(C(=O)O)N(C)C(=O)COc1cccc(C(C)C)c1. The highest BCUT2D eigenvalue weighted by Gasteiger charge is 2.24. The summed E-state index contributed by atoms with van der Waals surface area (Å²) < 4.78 is 5.47. The summed E-state index contributed by atoms with van der Waals surface area (Å²) in [6.07, 6.45) is 0.362. The van der Waals surface area contributed by atoms with E-state index in [1.807, 2.05) is 18.2 Å². The molecule has 0 aromatic heterocycles. The number of carbonyl (C=O) groups is 2. The molecular formula is C16H23NO4. The number of benzene rings is 1. The highest BCUT2D eigenvalue weighted by atomic mass is 16.5. The Hall–Kier alpha value is -2.04. The highest BCUT2D eigenvalue weighted by molar-refractivity contribution is 5.84. The Labute approximate surface area is 125 Å². The van der Waals surface area contributed by atoms with Crippen molar-refractivity contribution >= 4 is 11.9 Å². The molecule has 0 heterocycles. The van der Waals surface area contributed by atoms with Crippen molar-refractivity contribution in [1.29, 1.82) is 0 Å². The van der Waals surface area contributed by atoms with Gasteiger partial charge in [0.25, 0.3) is 5.91 Å². The number of likely N-dealkylation sites (N-methyl/N-ethyl adjacent to an activating group) is 1. The third-order valence-corrected chi connectivity index (χ3v) is 3.42. The highest BCUT2D eigenvalue weighted by Crippen LogP contribution is 2.20. The summed E-state index contributed by atoms with van der Waals surface area (Å²) >= 11 is 0. The van der Waals surface area contributed by atoms with Crippen molar-refractivity contribution in [2.24, 2.45) is 0 Å². The van der Waals surface area contributed by atoms with Crippen LogP contribution in [0.1, 0.15) is 38.7 Å². The molecular weight excluding hydrogens is 270 g/mol. The molecule has 0 aliphatic carbocycles. The molecule has 0 aliphatic heterocycles. The first-order chi connectivity index (χ1) is 9.86. The van der Waals surface area contributed by atoms with Crippen molar-refractivity contribution < 1.29 is 19.4 Å². The van der Waals surface area contributed by atoms with Crippen molar-refractivity contribution in [2.75, 3.05) is 13.7 Å². The minimum absolute atomic E-state index is 0.165. The van der Waals surface area contributed by atoms with Gasteiger partial charge in [-0.05, 0) is 30.0 Å². The van der Waals surface area contributed by atoms with Crippen molar-refractivity contribution in [3.05, 3.63) is 29.8 Å². The van der Waals surface area contributed by atoms with Gasteiger partial charge in [-0.15, -0.1) is 0 Å². The fourth-order valence-corrected chi connectivity index (χ4v) is 2.00. The fourth-order valence-electron chi connectivity index (χ4n) is 2.00. The molecule has 0 aliphatic rings. The summed E-state index contributed by atoms with van der Waals surface area (Å²) in [5.74, 6) is -0.357. The quantitative estimate of drug-likeness (QED) is 0.839. The van der Waals surface area contributed by atoms with Crippen LogP contribution in [0.2, 0.25) is 0 Å². The van der Waals surface area contributed by atoms with Gasteiger partial charge < -0.3 is 14.7 Å². The van der Waals surface area contributed by atoms with Gasteiger partial charge in [-0.25, -0.2) is 4.79 Å². The van der Waals surface area contributed by atoms with Crippen molar-refractivity contribution in [1.82, 2.24) is 4.90 Å². The molecule has 21 heavy (non-hydrogen) atoms. The van der Waals surface area contributed by atoms with Crippen LogP contribution >= 0.6 is 0 Å². The average Bonchev–Trinajstić information content (AvgIpc) is 2.45. The topological polar surface area (TPSA) is 66.8 Å². The van der Waals surface area contributed by atoms with Gasteiger partial charge in [0.15, 0.2) is 6.61 Å². The molecule has 1 aromatic carbocycles. The number of carboxylic acid groups (broad SMARTS) is 1. The van der Waals surface area contributed by atoms with Gasteiger partial charge in [0.1, 0.15) is 11.8 Å². The van der Waals surface area contributed by atoms with Gasteiger partial charge in [0.05, 0.1) is 0 Å². The Morgan fingerprint density at radius 1 is 1.33 bits per heavy atom. The van der Waals surface area contributed by atoms with Gasteiger partial charge >= 0.3 is 5.97 Å². The molecule has 0 saturated carbocycles. The molecule has 1 atom stereocenters. The predicted octanol–water partition coefficient (Wildman–Crippen LogP) is 2.51. The first-order valence-corrected chi connectivity index (χ1v) is 7.08. The van der Waals surface area contributed by atoms with Crippen LogP contribution in [0.5, 0.6) is 5.75 Å². The lowest BCUT2D eigenvalue weighted by molar-refractivity contribution is -0.149. The predicted molar refractivity (Wildman–Crippen MR) is 80.5 cm³/mol. The first-order valence-electron chi connectivity index (χ1n) is 7.08. The maximum Gasteiger partial charge on any atom is 0.326 e. The third-order valence-electron chi connectivity index (χ3n) is 3.42. The molecule has 0 fully saturated rings. The van der Waals surface area contributed by atoms with Crippen LogP contribution in [0, 0.1) is 0 Å². The zero-order chi connectivity index (χ0) is 16.0. The van der Waals surface area contributed by atoms with E-state index in [9.17, 15) is 9.59 Å². The first kappa shape index (κ1) is 17.0. The van der Waals surface area contributed by atoms with E-state index in [0.29, 0.717) is 18.1 Å². The Morgan fingerprint density at radius 2 is 2.00 bits per heavy atom. The molecule has 1 aromatic rings. The van der Waals surface area contributed by atoms with E-state index in [4.69, 9.17) is 9.84 Å². The number of nitrogens with zero attached hydrogens (tertiary/aromatic N) is 1. The number of hydrogen-bond acceptors (Lipinski definition) is 3. The van der Waals surface area contributed by atoms with E-state index in [0.717, 1.165) is 5.56 Å². The maximum absolute atomic E-state index is 12.0. The van der Waals surface area contributed by atoms with Crippen LogP contribution in [-0.4, -0.2) is 41.6 Å². The summed E-state index contributed by atoms with van der Waals surface area (Å²) in [5, 5.41) is 9.04. The Kier molecular flexibility index (Phi) is 6.21. The van der Waals surface area contributed by atoms with Gasteiger partial charge in [-0.1, -0.05) is 32.9 Å². The van der Waals surface area contributed by atoms with Crippen LogP contribution in [-0.2, 0) is 9.59 Å². The molecule has 0 radical (unpaired) electrons. The second-order valence-electron chi connectivity index (χ2n) is 5.28. The molecule has 0 saturated heterocycles. The maximum atomic E-state index is 12.0. The van der Waals surface area contributed by atoms with Gasteiger partial charge in [0.2, 0.25) is 0 Å². The summed E-state index contributed by atoms with van der Waals surface area (Å²) in [6, 6.07) is 6.75. The molecule has 1 amide bonds. The minimum atomic E-state index is -1.00. The van der Waals surface area contributed by atoms with Crippen molar-refractivity contribution in [2.45, 2.75) is 39.2 Å². The number of carboxylic acids is 1. The number of rotatable bonds is 7. The van der Waals surface area contributed by atoms with E-state index in [1.54, 1.807) is 13.0 Å². The van der Waals surface area contributed by atoms with Gasteiger partial charge in [-0.3, -0.25) is 4.79 Å². The lowest BCUT2D eigenvalue weighted by atomic mass is 10.0. The largest absolute Gasteiger partial charge is 0.484 e. The fraction of sp³-hybridized carbons (Fsp3) is 0.500. The average molecular weight is 293 g/mol. The summed E-state index contributed by atoms with van der Waals surface area (Å²) in [4.78, 5) is 24.2. The van der Waals surface area contributed by atoms with Crippen LogP contribution in [0.4, 0.5) is 0 Å². The zero-order valence-electron chi connectivity index (χ0n) is 13.0. The zero-order valence-corrected chi connectivity index (χ0v) is 13.0. The molecule has 1 unspecified atom stereocenters. The van der Waals surface area contributed by atoms with Crippen LogP contribution < -0.4 is 4.74 Å². The molecule has 0 spiro atoms. The minimum Gasteiger partial charge on any atom is -0.484 e. The molecule has 1 N–H and O–H groups in total. The number of ether oxygens (including phenoxy) is 1. The molecule has 116 valence electrons. The standard InChI is InChI=1S/C16H23NO4/c1-5-14(16(19)20)17(4)15(18)10-21-13-8-6-7-12(9-13)11(2)3/h6-9,11,14H,5,10H2,1-4H3,(H,19,20). The number of aliphatic carboxylic acids is 1. The van der Waals surface area contributed by atoms with Gasteiger partial charge in [-0.2, -0.15) is 0 Å². The Balaban J connectivity index is 2.64. The lowest BCUT2D eigenvalue weighted by Crippen LogP contribution is -2.44. The summed E-state index contributed by atoms with van der Waals surface area (Å²) in [6.45, 7) is 5.73. The lowest BCUT2D eigenvalue weighted by Gasteiger charge is -2.23. The summed E-state index contributed by atoms with van der Waals surface area (Å²) in [5.41, 5.74) is 1.13. The van der Waals surface area contributed by atoms with E-state index < -0.39 is 12.0 Å². The van der Waals surface area contributed by atoms with E-state index in [-0.39, 0.29) is 12.5 Å². The normalized spacial score (nSPS) is 12.0. The van der Waals surface area contributed by atoms with Crippen molar-refractivity contribution in [3.63, 3.8) is 0 Å². The number of hydrogen-bond donors (Lipinski definition) is 1. The molecule has 5 heteroatoms. The smallest absolute Gasteiger partial charge is 0.326 e. The Morgan fingerprint density at radius 3 is 2.52 bits per heavy atom. The summed E-state index contributed by atoms with van der Waals surface area (Å²) in [7, 11) is 1.48. The van der Waals surface area contributed by atoms with Crippen LogP contribution in [0.15, 0.2) is 24.3 Å². The van der Waals surface area contributed by atoms with Crippen LogP contribution in [0.25, 0.3) is 0 Å². The van der Waals surface area contributed by atoms with Crippen LogP contribution in [0.3, 0.4) is 0 Å². The third kappa shape index (κ3) is 4.77.